The van der Waals surface area contributed by atoms with Gasteiger partial charge in [-0.2, -0.15) is 0 Å². The first kappa shape index (κ1) is 7.62. The van der Waals surface area contributed by atoms with E-state index in [0.29, 0.717) is 0 Å². The van der Waals surface area contributed by atoms with Gasteiger partial charge in [-0.25, -0.2) is 0 Å². The molecule has 0 aromatic heterocycles. The quantitative estimate of drug-likeness (QED) is 0.476. The molecule has 0 spiro atoms. The lowest BCUT2D eigenvalue weighted by Gasteiger charge is -2.12. The molecule has 0 unspecified atom stereocenters. The molecule has 0 amide bonds. The smallest absolute Gasteiger partial charge is 0.390 e. The molecule has 0 aliphatic rings. The van der Waals surface area contributed by atoms with Crippen molar-refractivity contribution in [3.05, 3.63) is 0 Å². The van der Waals surface area contributed by atoms with Gasteiger partial charge in [-0.05, 0) is 6.55 Å². The summed E-state index contributed by atoms with van der Waals surface area (Å²) in [7, 11) is 1.42. The Balaban J connectivity index is 3.36. The molecule has 0 N–H and O–H groups in total. The number of halogens is 1. The van der Waals surface area contributed by atoms with E-state index in [-0.39, 0.29) is 0 Å². The van der Waals surface area contributed by atoms with Crippen molar-refractivity contribution in [3.8, 4) is 0 Å². The van der Waals surface area contributed by atoms with E-state index in [1.165, 1.54) is 0 Å². The topological polar surface area (TPSA) is 18.5 Å². The van der Waals surface area contributed by atoms with E-state index in [1.54, 1.807) is 14.2 Å². The SMILES string of the molecule is CO[Si](C)(Br)OC. The summed E-state index contributed by atoms with van der Waals surface area (Å²) in [4.78, 5) is 0. The van der Waals surface area contributed by atoms with Crippen LogP contribution in [0.2, 0.25) is 6.55 Å². The van der Waals surface area contributed by atoms with Gasteiger partial charge in [0, 0.05) is 14.2 Å². The van der Waals surface area contributed by atoms with E-state index in [1.807, 2.05) is 6.55 Å². The largest absolute Gasteiger partial charge is 0.410 e. The summed E-state index contributed by atoms with van der Waals surface area (Å²) in [6.45, 7) is 1.91. The van der Waals surface area contributed by atoms with E-state index in [2.05, 4.69) is 15.3 Å². The molecule has 0 radical (unpaired) electrons. The Kier molecular flexibility index (Phi) is 3.06. The van der Waals surface area contributed by atoms with Crippen molar-refractivity contribution in [2.45, 2.75) is 6.55 Å². The van der Waals surface area contributed by atoms with Gasteiger partial charge in [0.25, 0.3) is 0 Å². The molecule has 0 saturated heterocycles. The van der Waals surface area contributed by atoms with Crippen molar-refractivity contribution in [3.63, 3.8) is 0 Å². The van der Waals surface area contributed by atoms with Crippen LogP contribution >= 0.6 is 15.3 Å². The molecular weight excluding hydrogens is 176 g/mol. The molecule has 0 aliphatic heterocycles. The Morgan fingerprint density at radius 1 is 1.29 bits per heavy atom. The molecule has 0 bridgehead atoms. The molecular formula is C3H9BrO2Si. The lowest BCUT2D eigenvalue weighted by atomic mass is 11.8. The lowest BCUT2D eigenvalue weighted by molar-refractivity contribution is 0.278. The summed E-state index contributed by atoms with van der Waals surface area (Å²) in [6, 6.07) is 0. The summed E-state index contributed by atoms with van der Waals surface area (Å²) < 4.78 is 9.84. The second-order valence-electron chi connectivity index (χ2n) is 1.24. The standard InChI is InChI=1S/C3H9BrO2Si/c1-5-7(3,4)6-2/h1-3H3. The van der Waals surface area contributed by atoms with Gasteiger partial charge in [0.2, 0.25) is 0 Å². The number of hydrogen-bond acceptors (Lipinski definition) is 2. The maximum absolute atomic E-state index is 4.92. The highest BCUT2D eigenvalue weighted by atomic mass is 79.9. The highest BCUT2D eigenvalue weighted by Gasteiger charge is 2.23. The second kappa shape index (κ2) is 2.81. The average molecular weight is 185 g/mol. The summed E-state index contributed by atoms with van der Waals surface area (Å²) >= 11 is 3.27. The molecule has 0 heterocycles. The predicted molar refractivity (Wildman–Crippen MR) is 34.6 cm³/mol. The first-order valence-corrected chi connectivity index (χ1v) is 6.49. The fraction of sp³-hybridized carbons (Fsp3) is 1.00. The minimum absolute atomic E-state index is 1.63. The van der Waals surface area contributed by atoms with Crippen LogP contribution < -0.4 is 0 Å². The monoisotopic (exact) mass is 184 g/mol. The lowest BCUT2D eigenvalue weighted by Crippen LogP contribution is -2.27. The van der Waals surface area contributed by atoms with Crippen LogP contribution in [-0.4, -0.2) is 21.4 Å². The molecule has 0 fully saturated rings. The van der Waals surface area contributed by atoms with Crippen LogP contribution in [0.5, 0.6) is 0 Å². The summed E-state index contributed by atoms with van der Waals surface area (Å²) in [6.07, 6.45) is 0. The van der Waals surface area contributed by atoms with Gasteiger partial charge < -0.3 is 8.85 Å². The highest BCUT2D eigenvalue weighted by molar-refractivity contribution is 9.25. The van der Waals surface area contributed by atoms with Gasteiger partial charge in [0.05, 0.1) is 0 Å². The van der Waals surface area contributed by atoms with E-state index in [0.717, 1.165) is 0 Å². The fourth-order valence-electron chi connectivity index (χ4n) is 0.0833. The van der Waals surface area contributed by atoms with Gasteiger partial charge in [-0.15, -0.1) is 0 Å². The summed E-state index contributed by atoms with van der Waals surface area (Å²) in [5, 5.41) is 0. The van der Waals surface area contributed by atoms with Crippen LogP contribution in [0.25, 0.3) is 0 Å². The van der Waals surface area contributed by atoms with Crippen LogP contribution in [0.4, 0.5) is 0 Å². The Morgan fingerprint density at radius 2 is 1.57 bits per heavy atom. The molecule has 7 heavy (non-hydrogen) atoms. The minimum Gasteiger partial charge on any atom is -0.390 e. The molecule has 0 rings (SSSR count). The van der Waals surface area contributed by atoms with E-state index in [4.69, 9.17) is 8.85 Å². The zero-order valence-electron chi connectivity index (χ0n) is 4.69. The van der Waals surface area contributed by atoms with Crippen molar-refractivity contribution < 1.29 is 8.85 Å². The third-order valence-electron chi connectivity index (χ3n) is 0.729. The van der Waals surface area contributed by atoms with Crippen molar-refractivity contribution in [2.24, 2.45) is 0 Å². The molecule has 0 saturated carbocycles. The van der Waals surface area contributed by atoms with E-state index < -0.39 is 7.18 Å². The molecule has 2 nitrogen and oxygen atoms in total. The van der Waals surface area contributed by atoms with Gasteiger partial charge >= 0.3 is 7.18 Å². The molecule has 0 aliphatic carbocycles. The van der Waals surface area contributed by atoms with Crippen molar-refractivity contribution in [2.75, 3.05) is 14.2 Å². The Labute approximate surface area is 52.6 Å². The van der Waals surface area contributed by atoms with E-state index in [9.17, 15) is 0 Å². The van der Waals surface area contributed by atoms with Gasteiger partial charge in [-0.3, -0.25) is 0 Å². The van der Waals surface area contributed by atoms with Crippen LogP contribution in [0.1, 0.15) is 0 Å². The molecule has 44 valence electrons. The van der Waals surface area contributed by atoms with Gasteiger partial charge in [0.1, 0.15) is 0 Å². The molecule has 0 atom stereocenters. The Bertz CT molecular complexity index is 50.9. The van der Waals surface area contributed by atoms with Crippen LogP contribution in [0, 0.1) is 0 Å². The second-order valence-corrected chi connectivity index (χ2v) is 8.05. The van der Waals surface area contributed by atoms with Gasteiger partial charge in [-0.1, -0.05) is 15.3 Å². The van der Waals surface area contributed by atoms with Crippen molar-refractivity contribution in [1.29, 1.82) is 0 Å². The highest BCUT2D eigenvalue weighted by Crippen LogP contribution is 2.10. The third-order valence-corrected chi connectivity index (χ3v) is 4.13. The summed E-state index contributed by atoms with van der Waals surface area (Å²) in [5.74, 6) is 0. The zero-order chi connectivity index (χ0) is 5.91. The molecule has 0 aromatic carbocycles. The van der Waals surface area contributed by atoms with Gasteiger partial charge in [0.15, 0.2) is 0 Å². The van der Waals surface area contributed by atoms with Crippen LogP contribution in [0.15, 0.2) is 0 Å². The average Bonchev–Trinajstić information content (AvgIpc) is 1.68. The van der Waals surface area contributed by atoms with Crippen LogP contribution in [-0.2, 0) is 8.85 Å². The fourth-order valence-corrected chi connectivity index (χ4v) is 0.250. The van der Waals surface area contributed by atoms with Crippen LogP contribution in [0.3, 0.4) is 0 Å². The first-order valence-electron chi connectivity index (χ1n) is 1.91. The van der Waals surface area contributed by atoms with Crippen molar-refractivity contribution in [1.82, 2.24) is 0 Å². The predicted octanol–water partition coefficient (Wildman–Crippen LogP) is 1.24. The first-order chi connectivity index (χ1) is 3.12. The number of rotatable bonds is 2. The maximum Gasteiger partial charge on any atom is 0.410 e. The zero-order valence-corrected chi connectivity index (χ0v) is 7.28. The van der Waals surface area contributed by atoms with E-state index >= 15 is 0 Å². The normalized spacial score (nSPS) is 12.0. The Morgan fingerprint density at radius 3 is 1.57 bits per heavy atom. The van der Waals surface area contributed by atoms with Crippen molar-refractivity contribution >= 4 is 22.5 Å². The third kappa shape index (κ3) is 3.22. The number of hydrogen-bond donors (Lipinski definition) is 0. The molecule has 4 heteroatoms. The minimum atomic E-state index is -1.84. The molecule has 0 aromatic rings. The Hall–Kier alpha value is 0.617. The maximum atomic E-state index is 4.92. The summed E-state index contributed by atoms with van der Waals surface area (Å²) in [5.41, 5.74) is 0.